The highest BCUT2D eigenvalue weighted by atomic mass is 16.5. The first-order valence-corrected chi connectivity index (χ1v) is 3.79. The Morgan fingerprint density at radius 3 is 2.83 bits per heavy atom. The standard InChI is InChI=1S/C7H13N3O2/c1-6-8-7(9-10(6)2)5-12-4-3-11/h11H,3-5H2,1-2H3. The average molecular weight is 171 g/mol. The number of aliphatic hydroxyl groups excluding tert-OH is 1. The Bertz CT molecular complexity index is 227. The summed E-state index contributed by atoms with van der Waals surface area (Å²) in [5.41, 5.74) is 0. The molecule has 0 spiro atoms. The first-order chi connectivity index (χ1) is 5.74. The zero-order chi connectivity index (χ0) is 8.97. The van der Waals surface area contributed by atoms with Gasteiger partial charge in [-0.2, -0.15) is 5.10 Å². The van der Waals surface area contributed by atoms with Crippen LogP contribution >= 0.6 is 0 Å². The molecular formula is C7H13N3O2. The van der Waals surface area contributed by atoms with E-state index in [1.54, 1.807) is 4.68 Å². The van der Waals surface area contributed by atoms with Gasteiger partial charge in [-0.3, -0.25) is 4.68 Å². The normalized spacial score (nSPS) is 10.6. The number of hydrogen-bond donors (Lipinski definition) is 1. The van der Waals surface area contributed by atoms with E-state index in [1.165, 1.54) is 0 Å². The smallest absolute Gasteiger partial charge is 0.176 e. The second kappa shape index (κ2) is 4.18. The summed E-state index contributed by atoms with van der Waals surface area (Å²) in [4.78, 5) is 4.13. The van der Waals surface area contributed by atoms with Crippen LogP contribution < -0.4 is 0 Å². The predicted octanol–water partition coefficient (Wildman–Crippen LogP) is -0.368. The predicted molar refractivity (Wildman–Crippen MR) is 42.5 cm³/mol. The van der Waals surface area contributed by atoms with Gasteiger partial charge in [-0.15, -0.1) is 0 Å². The van der Waals surface area contributed by atoms with E-state index in [0.717, 1.165) is 5.82 Å². The Hall–Kier alpha value is -0.940. The van der Waals surface area contributed by atoms with Crippen molar-refractivity contribution in [3.63, 3.8) is 0 Å². The minimum atomic E-state index is 0.0335. The first-order valence-electron chi connectivity index (χ1n) is 3.79. The second-order valence-electron chi connectivity index (χ2n) is 2.48. The number of nitrogens with zero attached hydrogens (tertiary/aromatic N) is 3. The largest absolute Gasteiger partial charge is 0.394 e. The maximum Gasteiger partial charge on any atom is 0.176 e. The molecule has 0 amide bonds. The van der Waals surface area contributed by atoms with Gasteiger partial charge < -0.3 is 9.84 Å². The zero-order valence-corrected chi connectivity index (χ0v) is 7.32. The summed E-state index contributed by atoms with van der Waals surface area (Å²) in [5.74, 6) is 1.51. The minimum Gasteiger partial charge on any atom is -0.394 e. The molecule has 0 unspecified atom stereocenters. The van der Waals surface area contributed by atoms with E-state index < -0.39 is 0 Å². The molecule has 0 aliphatic rings. The molecule has 0 radical (unpaired) electrons. The molecule has 68 valence electrons. The number of aromatic nitrogens is 3. The highest BCUT2D eigenvalue weighted by Gasteiger charge is 2.01. The van der Waals surface area contributed by atoms with Crippen molar-refractivity contribution in [2.45, 2.75) is 13.5 Å². The van der Waals surface area contributed by atoms with Crippen molar-refractivity contribution in [3.05, 3.63) is 11.6 Å². The lowest BCUT2D eigenvalue weighted by Gasteiger charge is -1.95. The van der Waals surface area contributed by atoms with Gasteiger partial charge in [0.25, 0.3) is 0 Å². The molecule has 1 aromatic rings. The molecule has 1 rings (SSSR count). The van der Waals surface area contributed by atoms with Crippen LogP contribution in [0.5, 0.6) is 0 Å². The highest BCUT2D eigenvalue weighted by molar-refractivity contribution is 4.87. The number of ether oxygens (including phenoxy) is 1. The van der Waals surface area contributed by atoms with Gasteiger partial charge in [-0.25, -0.2) is 4.98 Å². The lowest BCUT2D eigenvalue weighted by molar-refractivity contribution is 0.0776. The topological polar surface area (TPSA) is 60.2 Å². The fraction of sp³-hybridized carbons (Fsp3) is 0.714. The summed E-state index contributed by atoms with van der Waals surface area (Å²) in [6, 6.07) is 0. The Balaban J connectivity index is 2.42. The molecular weight excluding hydrogens is 158 g/mol. The van der Waals surface area contributed by atoms with Crippen molar-refractivity contribution in [2.24, 2.45) is 7.05 Å². The highest BCUT2D eigenvalue weighted by Crippen LogP contribution is 1.95. The third kappa shape index (κ3) is 2.28. The molecule has 1 N–H and O–H groups in total. The number of hydrogen-bond acceptors (Lipinski definition) is 4. The van der Waals surface area contributed by atoms with Crippen LogP contribution in [0, 0.1) is 6.92 Å². The first kappa shape index (κ1) is 9.15. The third-order valence-electron chi connectivity index (χ3n) is 1.49. The van der Waals surface area contributed by atoms with Gasteiger partial charge in [0.05, 0.1) is 13.2 Å². The zero-order valence-electron chi connectivity index (χ0n) is 7.32. The maximum absolute atomic E-state index is 8.43. The van der Waals surface area contributed by atoms with Crippen LogP contribution in [0.2, 0.25) is 0 Å². The summed E-state index contributed by atoms with van der Waals surface area (Å²) in [6.07, 6.45) is 0. The quantitative estimate of drug-likeness (QED) is 0.628. The van der Waals surface area contributed by atoms with E-state index in [9.17, 15) is 0 Å². The van der Waals surface area contributed by atoms with Crippen molar-refractivity contribution in [1.82, 2.24) is 14.8 Å². The van der Waals surface area contributed by atoms with Crippen molar-refractivity contribution in [3.8, 4) is 0 Å². The summed E-state index contributed by atoms with van der Waals surface area (Å²) in [7, 11) is 1.83. The summed E-state index contributed by atoms with van der Waals surface area (Å²) >= 11 is 0. The number of rotatable bonds is 4. The maximum atomic E-state index is 8.43. The Morgan fingerprint density at radius 2 is 2.33 bits per heavy atom. The van der Waals surface area contributed by atoms with Gasteiger partial charge in [0.2, 0.25) is 0 Å². The van der Waals surface area contributed by atoms with E-state index >= 15 is 0 Å². The van der Waals surface area contributed by atoms with Crippen molar-refractivity contribution in [2.75, 3.05) is 13.2 Å². The van der Waals surface area contributed by atoms with Crippen molar-refractivity contribution in [1.29, 1.82) is 0 Å². The van der Waals surface area contributed by atoms with Crippen LogP contribution in [-0.2, 0) is 18.4 Å². The number of aliphatic hydroxyl groups is 1. The Labute approximate surface area is 71.0 Å². The van der Waals surface area contributed by atoms with E-state index in [0.29, 0.717) is 19.0 Å². The fourth-order valence-corrected chi connectivity index (χ4v) is 0.816. The van der Waals surface area contributed by atoms with Gasteiger partial charge >= 0.3 is 0 Å². The molecule has 0 aliphatic carbocycles. The number of aryl methyl sites for hydroxylation is 2. The van der Waals surface area contributed by atoms with E-state index in [1.807, 2.05) is 14.0 Å². The minimum absolute atomic E-state index is 0.0335. The van der Waals surface area contributed by atoms with Crippen LogP contribution in [0.4, 0.5) is 0 Å². The van der Waals surface area contributed by atoms with Crippen molar-refractivity contribution >= 4 is 0 Å². The Kier molecular flexibility index (Phi) is 3.19. The summed E-state index contributed by atoms with van der Waals surface area (Å²) < 4.78 is 6.74. The Morgan fingerprint density at radius 1 is 1.58 bits per heavy atom. The molecule has 0 saturated carbocycles. The monoisotopic (exact) mass is 171 g/mol. The summed E-state index contributed by atoms with van der Waals surface area (Å²) in [6.45, 7) is 2.61. The molecule has 0 bridgehead atoms. The average Bonchev–Trinajstić information content (AvgIpc) is 2.32. The van der Waals surface area contributed by atoms with Gasteiger partial charge in [0, 0.05) is 7.05 Å². The molecule has 0 aliphatic heterocycles. The van der Waals surface area contributed by atoms with Crippen LogP contribution in [0.1, 0.15) is 11.6 Å². The molecule has 1 heterocycles. The van der Waals surface area contributed by atoms with Gasteiger partial charge in [-0.1, -0.05) is 0 Å². The van der Waals surface area contributed by atoms with Crippen molar-refractivity contribution < 1.29 is 9.84 Å². The van der Waals surface area contributed by atoms with Crippen LogP contribution in [0.15, 0.2) is 0 Å². The van der Waals surface area contributed by atoms with Crippen LogP contribution in [-0.4, -0.2) is 33.1 Å². The SMILES string of the molecule is Cc1nc(COCCO)nn1C. The van der Waals surface area contributed by atoms with Gasteiger partial charge in [0.1, 0.15) is 12.4 Å². The lowest BCUT2D eigenvalue weighted by Crippen LogP contribution is -2.01. The molecule has 12 heavy (non-hydrogen) atoms. The van der Waals surface area contributed by atoms with Crippen LogP contribution in [0.25, 0.3) is 0 Å². The van der Waals surface area contributed by atoms with E-state index in [-0.39, 0.29) is 6.61 Å². The lowest BCUT2D eigenvalue weighted by atomic mass is 10.6. The molecule has 5 heteroatoms. The molecule has 0 fully saturated rings. The van der Waals surface area contributed by atoms with Gasteiger partial charge in [-0.05, 0) is 6.92 Å². The fourth-order valence-electron chi connectivity index (χ4n) is 0.816. The molecule has 0 atom stereocenters. The second-order valence-corrected chi connectivity index (χ2v) is 2.48. The van der Waals surface area contributed by atoms with Gasteiger partial charge in [0.15, 0.2) is 5.82 Å². The van der Waals surface area contributed by atoms with Crippen LogP contribution in [0.3, 0.4) is 0 Å². The van der Waals surface area contributed by atoms with E-state index in [4.69, 9.17) is 9.84 Å². The molecule has 0 saturated heterocycles. The summed E-state index contributed by atoms with van der Waals surface area (Å²) in [5, 5.41) is 12.5. The van der Waals surface area contributed by atoms with E-state index in [2.05, 4.69) is 10.1 Å². The third-order valence-corrected chi connectivity index (χ3v) is 1.49. The molecule has 1 aromatic heterocycles. The molecule has 5 nitrogen and oxygen atoms in total. The molecule has 0 aromatic carbocycles.